The van der Waals surface area contributed by atoms with Gasteiger partial charge in [0.1, 0.15) is 0 Å². The van der Waals surface area contributed by atoms with Crippen molar-refractivity contribution in [3.05, 3.63) is 42.6 Å². The third-order valence-electron chi connectivity index (χ3n) is 2.59. The Morgan fingerprint density at radius 3 is 3.00 bits per heavy atom. The van der Waals surface area contributed by atoms with Crippen molar-refractivity contribution < 1.29 is 0 Å². The number of hydrogen-bond acceptors (Lipinski definition) is 1. The third-order valence-corrected chi connectivity index (χ3v) is 2.59. The van der Waals surface area contributed by atoms with Gasteiger partial charge in [-0.15, -0.1) is 6.58 Å². The first-order valence-corrected chi connectivity index (χ1v) is 4.79. The Balaban J connectivity index is 2.69. The van der Waals surface area contributed by atoms with Gasteiger partial charge < -0.3 is 0 Å². The lowest BCUT2D eigenvalue weighted by Gasteiger charge is -2.08. The van der Waals surface area contributed by atoms with Gasteiger partial charge in [0.25, 0.3) is 0 Å². The molecule has 14 heavy (non-hydrogen) atoms. The predicted molar refractivity (Wildman–Crippen MR) is 59.4 cm³/mol. The van der Waals surface area contributed by atoms with E-state index in [9.17, 15) is 0 Å². The second-order valence-corrected chi connectivity index (χ2v) is 3.57. The van der Waals surface area contributed by atoms with E-state index in [2.05, 4.69) is 43.7 Å². The number of hydrogen-bond donors (Lipinski definition) is 0. The average molecular weight is 186 g/mol. The molecule has 1 unspecified atom stereocenters. The van der Waals surface area contributed by atoms with E-state index < -0.39 is 0 Å². The van der Waals surface area contributed by atoms with E-state index in [4.69, 9.17) is 0 Å². The molecule has 0 N–H and O–H groups in total. The van der Waals surface area contributed by atoms with Crippen LogP contribution >= 0.6 is 0 Å². The number of benzene rings is 1. The fraction of sp³-hybridized carbons (Fsp3) is 0.250. The van der Waals surface area contributed by atoms with Crippen LogP contribution in [0, 0.1) is 6.92 Å². The molecular formula is C12H14N2. The molecule has 0 aliphatic heterocycles. The highest BCUT2D eigenvalue weighted by Crippen LogP contribution is 2.20. The molecule has 72 valence electrons. The zero-order valence-corrected chi connectivity index (χ0v) is 8.57. The van der Waals surface area contributed by atoms with Crippen molar-refractivity contribution in [2.24, 2.45) is 0 Å². The Morgan fingerprint density at radius 1 is 1.50 bits per heavy atom. The largest absolute Gasteiger partial charge is 0.258 e. The van der Waals surface area contributed by atoms with Crippen molar-refractivity contribution in [3.63, 3.8) is 0 Å². The highest BCUT2D eigenvalue weighted by molar-refractivity contribution is 5.82. The summed E-state index contributed by atoms with van der Waals surface area (Å²) in [4.78, 5) is 0. The first-order chi connectivity index (χ1) is 6.74. The molecule has 1 aromatic carbocycles. The van der Waals surface area contributed by atoms with Crippen molar-refractivity contribution in [3.8, 4) is 0 Å². The van der Waals surface area contributed by atoms with E-state index in [0.717, 1.165) is 0 Å². The van der Waals surface area contributed by atoms with E-state index in [1.54, 1.807) is 0 Å². The first-order valence-electron chi connectivity index (χ1n) is 4.79. The Kier molecular flexibility index (Phi) is 2.12. The number of aryl methyl sites for hydroxylation is 1. The van der Waals surface area contributed by atoms with Gasteiger partial charge >= 0.3 is 0 Å². The molecule has 0 aliphatic carbocycles. The van der Waals surface area contributed by atoms with Crippen LogP contribution in [0.5, 0.6) is 0 Å². The minimum absolute atomic E-state index is 0.245. The zero-order valence-electron chi connectivity index (χ0n) is 8.57. The first kappa shape index (κ1) is 9.00. The van der Waals surface area contributed by atoms with Crippen LogP contribution in [-0.2, 0) is 0 Å². The molecule has 0 bridgehead atoms. The highest BCUT2D eigenvalue weighted by Gasteiger charge is 2.07. The topological polar surface area (TPSA) is 17.8 Å². The quantitative estimate of drug-likeness (QED) is 0.659. The Morgan fingerprint density at radius 2 is 2.29 bits per heavy atom. The summed E-state index contributed by atoms with van der Waals surface area (Å²) in [6, 6.07) is 6.50. The van der Waals surface area contributed by atoms with Crippen molar-refractivity contribution in [2.75, 3.05) is 0 Å². The number of rotatable bonds is 2. The molecule has 0 amide bonds. The number of nitrogens with zero attached hydrogens (tertiary/aromatic N) is 2. The van der Waals surface area contributed by atoms with E-state index in [1.165, 1.54) is 16.5 Å². The van der Waals surface area contributed by atoms with Crippen molar-refractivity contribution >= 4 is 10.9 Å². The second kappa shape index (κ2) is 3.29. The third kappa shape index (κ3) is 1.23. The average Bonchev–Trinajstić information content (AvgIpc) is 2.62. The lowest BCUT2D eigenvalue weighted by Crippen LogP contribution is -2.02. The van der Waals surface area contributed by atoms with Gasteiger partial charge in [-0.1, -0.05) is 18.2 Å². The van der Waals surface area contributed by atoms with Crippen molar-refractivity contribution in [1.29, 1.82) is 0 Å². The Hall–Kier alpha value is -1.57. The molecule has 2 heteroatoms. The molecule has 1 atom stereocenters. The van der Waals surface area contributed by atoms with Gasteiger partial charge in [0.15, 0.2) is 0 Å². The number of aromatic nitrogens is 2. The molecule has 0 spiro atoms. The molecule has 2 rings (SSSR count). The van der Waals surface area contributed by atoms with E-state index in [-0.39, 0.29) is 6.04 Å². The van der Waals surface area contributed by atoms with Gasteiger partial charge in [-0.3, -0.25) is 4.68 Å². The highest BCUT2D eigenvalue weighted by atomic mass is 15.3. The van der Waals surface area contributed by atoms with Gasteiger partial charge in [-0.05, 0) is 25.5 Å². The summed E-state index contributed by atoms with van der Waals surface area (Å²) in [7, 11) is 0. The Labute approximate surface area is 83.9 Å². The standard InChI is InChI=1S/C12H14N2/c1-4-10(3)14-12-7-5-6-9(2)11(12)8-13-14/h4-8,10H,1H2,2-3H3. The molecule has 0 saturated carbocycles. The molecule has 0 saturated heterocycles. The van der Waals surface area contributed by atoms with Gasteiger partial charge in [0.05, 0.1) is 17.8 Å². The molecule has 0 fully saturated rings. The summed E-state index contributed by atoms with van der Waals surface area (Å²) < 4.78 is 2.00. The van der Waals surface area contributed by atoms with Gasteiger partial charge in [0, 0.05) is 5.39 Å². The minimum atomic E-state index is 0.245. The summed E-state index contributed by atoms with van der Waals surface area (Å²) in [6.07, 6.45) is 3.82. The summed E-state index contributed by atoms with van der Waals surface area (Å²) in [5.74, 6) is 0. The fourth-order valence-electron chi connectivity index (χ4n) is 1.64. The Bertz CT molecular complexity index is 468. The van der Waals surface area contributed by atoms with Crippen LogP contribution in [0.1, 0.15) is 18.5 Å². The van der Waals surface area contributed by atoms with Crippen LogP contribution in [0.3, 0.4) is 0 Å². The van der Waals surface area contributed by atoms with E-state index >= 15 is 0 Å². The minimum Gasteiger partial charge on any atom is -0.258 e. The van der Waals surface area contributed by atoms with Crippen molar-refractivity contribution in [2.45, 2.75) is 19.9 Å². The number of fused-ring (bicyclic) bond motifs is 1. The molecule has 0 radical (unpaired) electrons. The van der Waals surface area contributed by atoms with Crippen LogP contribution in [0.25, 0.3) is 10.9 Å². The number of allylic oxidation sites excluding steroid dienone is 1. The SMILES string of the molecule is C=CC(C)n1ncc2c(C)cccc21. The van der Waals surface area contributed by atoms with Crippen LogP contribution in [0.4, 0.5) is 0 Å². The smallest absolute Gasteiger partial charge is 0.0692 e. The molecular weight excluding hydrogens is 172 g/mol. The maximum absolute atomic E-state index is 4.37. The molecule has 2 nitrogen and oxygen atoms in total. The molecule has 1 aromatic heterocycles. The van der Waals surface area contributed by atoms with Gasteiger partial charge in [-0.25, -0.2) is 0 Å². The zero-order chi connectivity index (χ0) is 10.1. The monoisotopic (exact) mass is 186 g/mol. The van der Waals surface area contributed by atoms with E-state index in [1.807, 2.05) is 17.0 Å². The fourth-order valence-corrected chi connectivity index (χ4v) is 1.64. The summed E-state index contributed by atoms with van der Waals surface area (Å²) >= 11 is 0. The molecule has 2 aromatic rings. The van der Waals surface area contributed by atoms with Crippen molar-refractivity contribution in [1.82, 2.24) is 9.78 Å². The van der Waals surface area contributed by atoms with Crippen LogP contribution in [0.15, 0.2) is 37.1 Å². The second-order valence-electron chi connectivity index (χ2n) is 3.57. The lowest BCUT2D eigenvalue weighted by molar-refractivity contribution is 0.602. The summed E-state index contributed by atoms with van der Waals surface area (Å²) in [6.45, 7) is 7.97. The predicted octanol–water partition coefficient (Wildman–Crippen LogP) is 3.09. The van der Waals surface area contributed by atoms with Crippen LogP contribution in [0.2, 0.25) is 0 Å². The summed E-state index contributed by atoms with van der Waals surface area (Å²) in [5, 5.41) is 5.60. The van der Waals surface area contributed by atoms with Crippen LogP contribution in [-0.4, -0.2) is 9.78 Å². The maximum Gasteiger partial charge on any atom is 0.0692 e. The van der Waals surface area contributed by atoms with Gasteiger partial charge in [0.2, 0.25) is 0 Å². The maximum atomic E-state index is 4.37. The van der Waals surface area contributed by atoms with Crippen LogP contribution < -0.4 is 0 Å². The normalized spacial score (nSPS) is 13.0. The molecule has 0 aliphatic rings. The van der Waals surface area contributed by atoms with E-state index in [0.29, 0.717) is 0 Å². The molecule has 1 heterocycles. The summed E-state index contributed by atoms with van der Waals surface area (Å²) in [5.41, 5.74) is 2.45. The van der Waals surface area contributed by atoms with Gasteiger partial charge in [-0.2, -0.15) is 5.10 Å². The lowest BCUT2D eigenvalue weighted by atomic mass is 10.1.